The smallest absolute Gasteiger partial charge is 0.317 e. The van der Waals surface area contributed by atoms with Gasteiger partial charge in [-0.2, -0.15) is 0 Å². The number of aliphatic imine (C=N–C) groups is 1. The van der Waals surface area contributed by atoms with Crippen LogP contribution in [0.1, 0.15) is 6.42 Å². The Bertz CT molecular complexity index is 301. The first-order valence-electron chi connectivity index (χ1n) is 3.98. The van der Waals surface area contributed by atoms with E-state index in [1.165, 1.54) is 0 Å². The summed E-state index contributed by atoms with van der Waals surface area (Å²) in [6.45, 7) is 3.84. The average Bonchev–Trinajstić information content (AvgIpc) is 2.14. The summed E-state index contributed by atoms with van der Waals surface area (Å²) in [4.78, 5) is 25.7. The Balaban J connectivity index is 2.67. The van der Waals surface area contributed by atoms with Crippen molar-refractivity contribution in [3.8, 4) is 0 Å². The molecule has 1 amide bonds. The molecule has 1 aliphatic heterocycles. The number of nitrogens with zero attached hydrogens (tertiary/aromatic N) is 1. The molecule has 5 nitrogen and oxygen atoms in total. The van der Waals surface area contributed by atoms with Gasteiger partial charge in [0.1, 0.15) is 5.25 Å². The number of carbonyl (C=O) groups is 2. The highest BCUT2D eigenvalue weighted by atomic mass is 32.2. The summed E-state index contributed by atoms with van der Waals surface area (Å²) >= 11 is 1.05. The van der Waals surface area contributed by atoms with E-state index in [0.717, 1.165) is 11.8 Å². The van der Waals surface area contributed by atoms with Crippen LogP contribution in [0.2, 0.25) is 0 Å². The van der Waals surface area contributed by atoms with Crippen molar-refractivity contribution in [1.82, 2.24) is 5.32 Å². The number of rotatable bonds is 3. The van der Waals surface area contributed by atoms with Gasteiger partial charge < -0.3 is 10.4 Å². The van der Waals surface area contributed by atoms with Crippen LogP contribution in [0.3, 0.4) is 0 Å². The Labute approximate surface area is 85.3 Å². The number of amidine groups is 1. The average molecular weight is 214 g/mol. The molecule has 1 aliphatic rings. The zero-order chi connectivity index (χ0) is 10.6. The second kappa shape index (κ2) is 4.80. The highest BCUT2D eigenvalue weighted by Crippen LogP contribution is 2.20. The topological polar surface area (TPSA) is 78.8 Å². The lowest BCUT2D eigenvalue weighted by molar-refractivity contribution is -0.138. The van der Waals surface area contributed by atoms with Crippen molar-refractivity contribution in [3.63, 3.8) is 0 Å². The molecule has 1 unspecified atom stereocenters. The highest BCUT2D eigenvalue weighted by Gasteiger charge is 2.29. The number of hydrogen-bond acceptors (Lipinski definition) is 4. The summed E-state index contributed by atoms with van der Waals surface area (Å²) in [5.41, 5.74) is 0. The lowest BCUT2D eigenvalue weighted by Gasteiger charge is -2.19. The number of hydrogen-bond donors (Lipinski definition) is 2. The summed E-state index contributed by atoms with van der Waals surface area (Å²) in [6.07, 6.45) is 1.57. The monoisotopic (exact) mass is 214 g/mol. The van der Waals surface area contributed by atoms with Crippen molar-refractivity contribution in [2.45, 2.75) is 11.7 Å². The third kappa shape index (κ3) is 2.88. The summed E-state index contributed by atoms with van der Waals surface area (Å²) in [6, 6.07) is 0. The van der Waals surface area contributed by atoms with Gasteiger partial charge in [-0.1, -0.05) is 17.8 Å². The van der Waals surface area contributed by atoms with Gasteiger partial charge in [0.25, 0.3) is 0 Å². The Morgan fingerprint density at radius 2 is 2.57 bits per heavy atom. The van der Waals surface area contributed by atoms with E-state index >= 15 is 0 Å². The number of carboxylic acid groups (broad SMARTS) is 1. The largest absolute Gasteiger partial charge is 0.480 e. The van der Waals surface area contributed by atoms with Gasteiger partial charge in [0, 0.05) is 6.42 Å². The molecule has 1 atom stereocenters. The van der Waals surface area contributed by atoms with Crippen molar-refractivity contribution in [3.05, 3.63) is 12.7 Å². The summed E-state index contributed by atoms with van der Waals surface area (Å²) < 4.78 is 0. The van der Waals surface area contributed by atoms with Gasteiger partial charge in [0.2, 0.25) is 5.91 Å². The molecule has 0 aromatic carbocycles. The lowest BCUT2D eigenvalue weighted by Crippen LogP contribution is -2.40. The van der Waals surface area contributed by atoms with Gasteiger partial charge in [0.15, 0.2) is 5.17 Å². The van der Waals surface area contributed by atoms with Gasteiger partial charge >= 0.3 is 5.97 Å². The summed E-state index contributed by atoms with van der Waals surface area (Å²) in [5.74, 6) is -1.30. The maximum atomic E-state index is 11.1. The molecule has 0 bridgehead atoms. The van der Waals surface area contributed by atoms with Crippen LogP contribution in [0.5, 0.6) is 0 Å². The third-order valence-electron chi connectivity index (χ3n) is 1.51. The molecule has 14 heavy (non-hydrogen) atoms. The fraction of sp³-hybridized carbons (Fsp3) is 0.375. The van der Waals surface area contributed by atoms with E-state index in [9.17, 15) is 9.59 Å². The SMILES string of the molecule is C=CCN=C1NC(=O)CC(C(=O)O)S1. The molecule has 2 N–H and O–H groups in total. The van der Waals surface area contributed by atoms with E-state index in [1.54, 1.807) is 6.08 Å². The lowest BCUT2D eigenvalue weighted by atomic mass is 10.3. The molecule has 1 heterocycles. The van der Waals surface area contributed by atoms with Crippen molar-refractivity contribution in [2.75, 3.05) is 6.54 Å². The molecule has 0 aromatic rings. The van der Waals surface area contributed by atoms with Crippen LogP contribution in [-0.4, -0.2) is 33.9 Å². The van der Waals surface area contributed by atoms with E-state index in [1.807, 2.05) is 0 Å². The molecule has 1 rings (SSSR count). The molecular formula is C8H10N2O3S. The highest BCUT2D eigenvalue weighted by molar-refractivity contribution is 8.15. The maximum absolute atomic E-state index is 11.1. The van der Waals surface area contributed by atoms with E-state index in [4.69, 9.17) is 5.11 Å². The minimum atomic E-state index is -0.990. The van der Waals surface area contributed by atoms with Gasteiger partial charge in [-0.05, 0) is 0 Å². The van der Waals surface area contributed by atoms with E-state index < -0.39 is 11.2 Å². The number of carbonyl (C=O) groups excluding carboxylic acids is 1. The maximum Gasteiger partial charge on any atom is 0.317 e. The first-order valence-corrected chi connectivity index (χ1v) is 4.86. The van der Waals surface area contributed by atoms with Gasteiger partial charge in [-0.25, -0.2) is 0 Å². The molecule has 0 aromatic heterocycles. The minimum absolute atomic E-state index is 0.00684. The van der Waals surface area contributed by atoms with Crippen LogP contribution >= 0.6 is 11.8 Å². The quantitative estimate of drug-likeness (QED) is 0.659. The molecule has 1 saturated heterocycles. The molecule has 0 radical (unpaired) electrons. The van der Waals surface area contributed by atoms with Gasteiger partial charge in [-0.3, -0.25) is 14.6 Å². The second-order valence-corrected chi connectivity index (χ2v) is 3.82. The van der Waals surface area contributed by atoms with Crippen LogP contribution in [0.25, 0.3) is 0 Å². The van der Waals surface area contributed by atoms with Crippen molar-refractivity contribution < 1.29 is 14.7 Å². The summed E-state index contributed by atoms with van der Waals surface area (Å²) in [5, 5.41) is 10.8. The van der Waals surface area contributed by atoms with Crippen LogP contribution in [-0.2, 0) is 9.59 Å². The normalized spacial score (nSPS) is 24.4. The first kappa shape index (κ1) is 10.8. The number of thioether (sulfide) groups is 1. The minimum Gasteiger partial charge on any atom is -0.480 e. The van der Waals surface area contributed by atoms with Crippen LogP contribution in [0, 0.1) is 0 Å². The molecule has 1 fully saturated rings. The Morgan fingerprint density at radius 3 is 3.14 bits per heavy atom. The Kier molecular flexibility index (Phi) is 3.70. The predicted molar refractivity (Wildman–Crippen MR) is 54.3 cm³/mol. The van der Waals surface area contributed by atoms with E-state index in [0.29, 0.717) is 11.7 Å². The van der Waals surface area contributed by atoms with Crippen LogP contribution in [0.15, 0.2) is 17.6 Å². The predicted octanol–water partition coefficient (Wildman–Crippen LogP) is 0.235. The third-order valence-corrected chi connectivity index (χ3v) is 2.62. The summed E-state index contributed by atoms with van der Waals surface area (Å²) in [7, 11) is 0. The molecule has 0 spiro atoms. The molecular weight excluding hydrogens is 204 g/mol. The number of carboxylic acids is 1. The van der Waals surface area contributed by atoms with Crippen molar-refractivity contribution in [2.24, 2.45) is 4.99 Å². The van der Waals surface area contributed by atoms with Crippen LogP contribution in [0.4, 0.5) is 0 Å². The number of aliphatic carboxylic acids is 1. The number of nitrogens with one attached hydrogen (secondary N) is 1. The van der Waals surface area contributed by atoms with Crippen LogP contribution < -0.4 is 5.32 Å². The first-order chi connectivity index (χ1) is 6.63. The van der Waals surface area contributed by atoms with E-state index in [2.05, 4.69) is 16.9 Å². The standard InChI is InChI=1S/C8H10N2O3S/c1-2-3-9-8-10-6(11)4-5(14-8)7(12)13/h2,5H,1,3-4H2,(H,12,13)(H,9,10,11). The Hall–Kier alpha value is -1.30. The van der Waals surface area contributed by atoms with Crippen molar-refractivity contribution in [1.29, 1.82) is 0 Å². The van der Waals surface area contributed by atoms with Gasteiger partial charge in [0.05, 0.1) is 6.54 Å². The van der Waals surface area contributed by atoms with Gasteiger partial charge in [-0.15, -0.1) is 6.58 Å². The second-order valence-electron chi connectivity index (χ2n) is 2.63. The molecule has 6 heteroatoms. The fourth-order valence-electron chi connectivity index (χ4n) is 0.907. The fourth-order valence-corrected chi connectivity index (χ4v) is 1.83. The van der Waals surface area contributed by atoms with E-state index in [-0.39, 0.29) is 12.3 Å². The molecule has 0 aliphatic carbocycles. The molecule has 76 valence electrons. The zero-order valence-corrected chi connectivity index (χ0v) is 8.21. The van der Waals surface area contributed by atoms with Crippen molar-refractivity contribution >= 4 is 28.8 Å². The number of amides is 1. The molecule has 0 saturated carbocycles. The Morgan fingerprint density at radius 1 is 1.86 bits per heavy atom. The zero-order valence-electron chi connectivity index (χ0n) is 7.40.